The van der Waals surface area contributed by atoms with Crippen LogP contribution >= 0.6 is 0 Å². The minimum absolute atomic E-state index is 0.0897. The van der Waals surface area contributed by atoms with Gasteiger partial charge in [0.1, 0.15) is 28.5 Å². The van der Waals surface area contributed by atoms with Crippen molar-refractivity contribution in [2.75, 3.05) is 0 Å². The summed E-state index contributed by atoms with van der Waals surface area (Å²) in [5.74, 6) is 1.48. The van der Waals surface area contributed by atoms with E-state index >= 15 is 0 Å². The Balaban J connectivity index is 1.55. The van der Waals surface area contributed by atoms with Crippen LogP contribution in [0.25, 0.3) is 22.7 Å². The van der Waals surface area contributed by atoms with Crippen LogP contribution in [0.3, 0.4) is 0 Å². The number of hydrogen-bond donors (Lipinski definition) is 2. The number of ether oxygens (including phenoxy) is 1. The number of fused-ring (bicyclic) bond motifs is 1. The number of carbonyl (C=O) groups is 1. The number of carbonyl (C=O) groups excluding carboxylic acids is 1. The number of nitrogens with zero attached hydrogens (tertiary/aromatic N) is 2. The number of phenolic OH excluding ortho intramolecular Hbond substituents is 1. The standard InChI is InChI=1S/C22H19N3O4/c1-13(24-14(2)26)15-6-8-19-21(10-15)29-22(25-19)20-9-7-18(12-23-20)28-17-5-3-4-16(27)11-17/h3-13,27H,1-2H3,(H,24,26). The van der Waals surface area contributed by atoms with E-state index in [-0.39, 0.29) is 17.7 Å². The lowest BCUT2D eigenvalue weighted by molar-refractivity contribution is -0.119. The fraction of sp³-hybridized carbons (Fsp3) is 0.136. The monoisotopic (exact) mass is 389 g/mol. The van der Waals surface area contributed by atoms with Gasteiger partial charge in [-0.15, -0.1) is 0 Å². The van der Waals surface area contributed by atoms with Crippen LogP contribution in [-0.2, 0) is 4.79 Å². The third kappa shape index (κ3) is 4.19. The maximum absolute atomic E-state index is 11.3. The Labute approximate surface area is 167 Å². The lowest BCUT2D eigenvalue weighted by atomic mass is 10.1. The predicted octanol–water partition coefficient (Wildman–Crippen LogP) is 4.58. The highest BCUT2D eigenvalue weighted by Gasteiger charge is 2.13. The fourth-order valence-electron chi connectivity index (χ4n) is 2.96. The van der Waals surface area contributed by atoms with Gasteiger partial charge in [-0.25, -0.2) is 9.97 Å². The molecule has 4 rings (SSSR count). The van der Waals surface area contributed by atoms with Crippen molar-refractivity contribution in [3.63, 3.8) is 0 Å². The van der Waals surface area contributed by atoms with E-state index in [1.54, 1.807) is 36.5 Å². The number of aromatic nitrogens is 2. The SMILES string of the molecule is CC(=O)NC(C)c1ccc2nc(-c3ccc(Oc4cccc(O)c4)cn3)oc2c1. The largest absolute Gasteiger partial charge is 0.508 e. The molecule has 7 heteroatoms. The van der Waals surface area contributed by atoms with E-state index in [9.17, 15) is 9.90 Å². The molecular weight excluding hydrogens is 370 g/mol. The molecule has 4 aromatic rings. The predicted molar refractivity (Wildman–Crippen MR) is 108 cm³/mol. The van der Waals surface area contributed by atoms with Gasteiger partial charge in [-0.05, 0) is 48.9 Å². The Morgan fingerprint density at radius 3 is 2.72 bits per heavy atom. The summed E-state index contributed by atoms with van der Waals surface area (Å²) in [4.78, 5) is 20.1. The highest BCUT2D eigenvalue weighted by molar-refractivity contribution is 5.77. The lowest BCUT2D eigenvalue weighted by Gasteiger charge is -2.12. The van der Waals surface area contributed by atoms with Crippen molar-refractivity contribution >= 4 is 17.0 Å². The molecule has 1 amide bonds. The Morgan fingerprint density at radius 2 is 2.00 bits per heavy atom. The van der Waals surface area contributed by atoms with Crippen molar-refractivity contribution in [3.8, 4) is 28.8 Å². The van der Waals surface area contributed by atoms with Crippen LogP contribution in [0.5, 0.6) is 17.2 Å². The third-order valence-corrected chi connectivity index (χ3v) is 4.34. The number of hydrogen-bond acceptors (Lipinski definition) is 6. The Kier molecular flexibility index (Phi) is 4.87. The quantitative estimate of drug-likeness (QED) is 0.518. The van der Waals surface area contributed by atoms with Gasteiger partial charge in [0.15, 0.2) is 5.58 Å². The van der Waals surface area contributed by atoms with Gasteiger partial charge in [-0.1, -0.05) is 12.1 Å². The first-order valence-electron chi connectivity index (χ1n) is 9.09. The summed E-state index contributed by atoms with van der Waals surface area (Å²) in [7, 11) is 0. The molecule has 1 atom stereocenters. The smallest absolute Gasteiger partial charge is 0.246 e. The number of rotatable bonds is 5. The van der Waals surface area contributed by atoms with E-state index < -0.39 is 0 Å². The molecule has 2 aromatic carbocycles. The molecule has 0 saturated carbocycles. The van der Waals surface area contributed by atoms with Crippen LogP contribution in [0.2, 0.25) is 0 Å². The molecule has 0 bridgehead atoms. The zero-order valence-corrected chi connectivity index (χ0v) is 15.9. The highest BCUT2D eigenvalue weighted by Crippen LogP contribution is 2.28. The van der Waals surface area contributed by atoms with Crippen molar-refractivity contribution < 1.29 is 19.1 Å². The van der Waals surface area contributed by atoms with Crippen LogP contribution in [0.15, 0.2) is 65.2 Å². The molecule has 0 aliphatic heterocycles. The number of benzene rings is 2. The van der Waals surface area contributed by atoms with Gasteiger partial charge in [0.2, 0.25) is 11.8 Å². The molecule has 146 valence electrons. The molecule has 0 spiro atoms. The van der Waals surface area contributed by atoms with Gasteiger partial charge in [-0.2, -0.15) is 0 Å². The fourth-order valence-corrected chi connectivity index (χ4v) is 2.96. The second-order valence-electron chi connectivity index (χ2n) is 6.65. The first kappa shape index (κ1) is 18.5. The van der Waals surface area contributed by atoms with Crippen LogP contribution in [-0.4, -0.2) is 21.0 Å². The topological polar surface area (TPSA) is 97.5 Å². The lowest BCUT2D eigenvalue weighted by Crippen LogP contribution is -2.23. The van der Waals surface area contributed by atoms with Crippen LogP contribution in [0.4, 0.5) is 0 Å². The Morgan fingerprint density at radius 1 is 1.14 bits per heavy atom. The molecule has 2 N–H and O–H groups in total. The maximum atomic E-state index is 11.3. The number of oxazole rings is 1. The maximum Gasteiger partial charge on any atom is 0.246 e. The molecular formula is C22H19N3O4. The average Bonchev–Trinajstić information content (AvgIpc) is 3.11. The van der Waals surface area contributed by atoms with Gasteiger partial charge in [0, 0.05) is 13.0 Å². The number of aromatic hydroxyl groups is 1. The van der Waals surface area contributed by atoms with E-state index in [0.29, 0.717) is 34.2 Å². The normalized spacial score (nSPS) is 11.9. The van der Waals surface area contributed by atoms with Gasteiger partial charge in [-0.3, -0.25) is 4.79 Å². The second kappa shape index (κ2) is 7.63. The average molecular weight is 389 g/mol. The zero-order chi connectivity index (χ0) is 20.4. The van der Waals surface area contributed by atoms with Crippen molar-refractivity contribution in [1.29, 1.82) is 0 Å². The molecule has 0 aliphatic carbocycles. The number of phenols is 1. The van der Waals surface area contributed by atoms with Crippen LogP contribution in [0, 0.1) is 0 Å². The van der Waals surface area contributed by atoms with E-state index in [1.165, 1.54) is 13.0 Å². The Bertz CT molecular complexity index is 1170. The molecule has 2 aromatic heterocycles. The molecule has 1 unspecified atom stereocenters. The summed E-state index contributed by atoms with van der Waals surface area (Å²) in [6.45, 7) is 3.40. The summed E-state index contributed by atoms with van der Waals surface area (Å²) < 4.78 is 11.5. The Hall–Kier alpha value is -3.87. The van der Waals surface area contributed by atoms with Crippen molar-refractivity contribution in [1.82, 2.24) is 15.3 Å². The van der Waals surface area contributed by atoms with E-state index in [0.717, 1.165) is 5.56 Å². The molecule has 0 radical (unpaired) electrons. The summed E-state index contributed by atoms with van der Waals surface area (Å²) in [6, 6.07) is 15.6. The summed E-state index contributed by atoms with van der Waals surface area (Å²) in [5, 5.41) is 12.4. The molecule has 0 aliphatic rings. The zero-order valence-electron chi connectivity index (χ0n) is 15.9. The molecule has 7 nitrogen and oxygen atoms in total. The van der Waals surface area contributed by atoms with E-state index in [4.69, 9.17) is 9.15 Å². The van der Waals surface area contributed by atoms with Crippen LogP contribution in [0.1, 0.15) is 25.5 Å². The second-order valence-corrected chi connectivity index (χ2v) is 6.65. The summed E-state index contributed by atoms with van der Waals surface area (Å²) in [5.41, 5.74) is 2.83. The van der Waals surface area contributed by atoms with Gasteiger partial charge < -0.3 is 19.6 Å². The van der Waals surface area contributed by atoms with Gasteiger partial charge in [0.05, 0.1) is 12.2 Å². The van der Waals surface area contributed by atoms with Crippen molar-refractivity contribution in [3.05, 3.63) is 66.4 Å². The van der Waals surface area contributed by atoms with E-state index in [2.05, 4.69) is 15.3 Å². The first-order chi connectivity index (χ1) is 14.0. The van der Waals surface area contributed by atoms with Crippen LogP contribution < -0.4 is 10.1 Å². The van der Waals surface area contributed by atoms with Gasteiger partial charge >= 0.3 is 0 Å². The number of nitrogens with one attached hydrogen (secondary N) is 1. The van der Waals surface area contributed by atoms with Crippen molar-refractivity contribution in [2.24, 2.45) is 0 Å². The molecule has 29 heavy (non-hydrogen) atoms. The van der Waals surface area contributed by atoms with E-state index in [1.807, 2.05) is 25.1 Å². The van der Waals surface area contributed by atoms with Crippen molar-refractivity contribution in [2.45, 2.75) is 19.9 Å². The van der Waals surface area contributed by atoms with Gasteiger partial charge in [0.25, 0.3) is 0 Å². The molecule has 0 saturated heterocycles. The minimum atomic E-state index is -0.127. The number of amides is 1. The summed E-state index contributed by atoms with van der Waals surface area (Å²) >= 11 is 0. The minimum Gasteiger partial charge on any atom is -0.508 e. The summed E-state index contributed by atoms with van der Waals surface area (Å²) in [6.07, 6.45) is 1.57. The first-order valence-corrected chi connectivity index (χ1v) is 9.09. The third-order valence-electron chi connectivity index (χ3n) is 4.34. The molecule has 2 heterocycles. The molecule has 0 fully saturated rings. The highest BCUT2D eigenvalue weighted by atomic mass is 16.5. The number of pyridine rings is 1.